The molecule has 1 aromatic carbocycles. The number of rotatable bonds is 2. The summed E-state index contributed by atoms with van der Waals surface area (Å²) in [4.78, 5) is 15.0. The number of nitrogens with two attached hydrogens (primary N) is 1. The van der Waals surface area contributed by atoms with Gasteiger partial charge < -0.3 is 10.8 Å². The first-order valence-electron chi connectivity index (χ1n) is 7.98. The van der Waals surface area contributed by atoms with Gasteiger partial charge in [-0.25, -0.2) is 15.0 Å². The van der Waals surface area contributed by atoms with Gasteiger partial charge in [0.15, 0.2) is 0 Å². The summed E-state index contributed by atoms with van der Waals surface area (Å²) in [5.41, 5.74) is 11.4. The largest absolute Gasteiger partial charge is 0.387 e. The van der Waals surface area contributed by atoms with Crippen molar-refractivity contribution in [3.8, 4) is 0 Å². The maximum atomic E-state index is 10.6. The van der Waals surface area contributed by atoms with Crippen LogP contribution >= 0.6 is 11.3 Å². The zero-order valence-corrected chi connectivity index (χ0v) is 14.2. The minimum Gasteiger partial charge on any atom is -0.387 e. The Labute approximate surface area is 144 Å². The third kappa shape index (κ3) is 2.75. The van der Waals surface area contributed by atoms with Crippen LogP contribution in [0.4, 0.5) is 5.95 Å². The van der Waals surface area contributed by atoms with E-state index < -0.39 is 6.10 Å². The van der Waals surface area contributed by atoms with Crippen LogP contribution < -0.4 is 5.73 Å². The molecule has 0 aliphatic carbocycles. The van der Waals surface area contributed by atoms with E-state index in [2.05, 4.69) is 45.0 Å². The van der Waals surface area contributed by atoms with Crippen molar-refractivity contribution in [3.63, 3.8) is 0 Å². The summed E-state index contributed by atoms with van der Waals surface area (Å²) < 4.78 is 1.19. The van der Waals surface area contributed by atoms with E-state index in [0.29, 0.717) is 6.54 Å². The molecule has 124 valence electrons. The lowest BCUT2D eigenvalue weighted by Crippen LogP contribution is -2.31. The molecule has 3 N–H and O–H groups in total. The Morgan fingerprint density at radius 3 is 3.12 bits per heavy atom. The highest BCUT2D eigenvalue weighted by molar-refractivity contribution is 7.16. The maximum absolute atomic E-state index is 10.6. The van der Waals surface area contributed by atoms with Crippen molar-refractivity contribution < 1.29 is 5.11 Å². The number of thiazole rings is 1. The molecule has 0 radical (unpaired) electrons. The van der Waals surface area contributed by atoms with E-state index in [4.69, 9.17) is 5.73 Å². The van der Waals surface area contributed by atoms with Gasteiger partial charge in [-0.1, -0.05) is 6.07 Å². The molecule has 3 aromatic rings. The monoisotopic (exact) mass is 341 g/mol. The third-order valence-electron chi connectivity index (χ3n) is 4.71. The highest BCUT2D eigenvalue weighted by atomic mass is 32.1. The number of hydrogen-bond acceptors (Lipinski definition) is 7. The summed E-state index contributed by atoms with van der Waals surface area (Å²) in [5.74, 6) is 0.261. The molecule has 6 nitrogen and oxygen atoms in total. The molecule has 0 amide bonds. The number of hydrogen-bond donors (Lipinski definition) is 2. The Morgan fingerprint density at radius 1 is 1.38 bits per heavy atom. The Bertz CT molecular complexity index is 880. The lowest BCUT2D eigenvalue weighted by molar-refractivity contribution is 0.0983. The first kappa shape index (κ1) is 15.4. The van der Waals surface area contributed by atoms with Gasteiger partial charge in [-0.3, -0.25) is 4.90 Å². The molecule has 0 saturated carbocycles. The second-order valence-corrected chi connectivity index (χ2v) is 7.03. The zero-order valence-electron chi connectivity index (χ0n) is 13.4. The van der Waals surface area contributed by atoms with E-state index in [1.807, 2.05) is 5.51 Å². The molecule has 2 aromatic heterocycles. The molecule has 0 saturated heterocycles. The van der Waals surface area contributed by atoms with E-state index in [1.165, 1.54) is 10.3 Å². The summed E-state index contributed by atoms with van der Waals surface area (Å²) >= 11 is 1.65. The number of β-amino-alcohol motifs (C(OH)–C–C–N with tert-alkyl or cyclic N) is 1. The van der Waals surface area contributed by atoms with Gasteiger partial charge in [0.1, 0.15) is 0 Å². The van der Waals surface area contributed by atoms with Crippen LogP contribution in [-0.2, 0) is 6.42 Å². The van der Waals surface area contributed by atoms with Crippen LogP contribution in [0.5, 0.6) is 0 Å². The first-order valence-corrected chi connectivity index (χ1v) is 8.86. The van der Waals surface area contributed by atoms with Crippen LogP contribution in [0, 0.1) is 0 Å². The van der Waals surface area contributed by atoms with Crippen LogP contribution in [0.15, 0.2) is 29.9 Å². The Kier molecular flexibility index (Phi) is 3.91. The number of nitrogen functional groups attached to an aromatic ring is 1. The van der Waals surface area contributed by atoms with Gasteiger partial charge in [-0.15, -0.1) is 11.3 Å². The topological polar surface area (TPSA) is 88.2 Å². The lowest BCUT2D eigenvalue weighted by atomic mass is 10.1. The van der Waals surface area contributed by atoms with Crippen molar-refractivity contribution in [3.05, 3.63) is 46.7 Å². The number of aliphatic hydroxyl groups is 1. The third-order valence-corrected chi connectivity index (χ3v) is 5.52. The van der Waals surface area contributed by atoms with Crippen molar-refractivity contribution >= 4 is 27.5 Å². The number of benzene rings is 1. The number of fused-ring (bicyclic) bond motifs is 2. The highest BCUT2D eigenvalue weighted by Crippen LogP contribution is 2.30. The molecule has 1 aliphatic heterocycles. The molecule has 2 atom stereocenters. The van der Waals surface area contributed by atoms with Gasteiger partial charge in [-0.2, -0.15) is 0 Å². The summed E-state index contributed by atoms with van der Waals surface area (Å²) in [6.45, 7) is 3.53. The molecule has 2 unspecified atom stereocenters. The molecule has 0 fully saturated rings. The van der Waals surface area contributed by atoms with Crippen molar-refractivity contribution in [1.82, 2.24) is 19.9 Å². The van der Waals surface area contributed by atoms with Crippen molar-refractivity contribution in [2.75, 3.05) is 18.8 Å². The molecule has 7 heteroatoms. The predicted octanol–water partition coefficient (Wildman–Crippen LogP) is 2.32. The van der Waals surface area contributed by atoms with Crippen LogP contribution in [0.1, 0.15) is 35.9 Å². The minimum absolute atomic E-state index is 0.186. The van der Waals surface area contributed by atoms with E-state index >= 15 is 0 Å². The molecule has 0 spiro atoms. The van der Waals surface area contributed by atoms with Gasteiger partial charge in [0.25, 0.3) is 0 Å². The van der Waals surface area contributed by atoms with Gasteiger partial charge in [0.2, 0.25) is 5.95 Å². The molecule has 1 aliphatic rings. The van der Waals surface area contributed by atoms with Crippen LogP contribution in [0.3, 0.4) is 0 Å². The van der Waals surface area contributed by atoms with Gasteiger partial charge in [0.05, 0.1) is 27.5 Å². The normalized spacial score (nSPS) is 19.8. The second-order valence-electron chi connectivity index (χ2n) is 6.15. The minimum atomic E-state index is -0.603. The number of anilines is 1. The van der Waals surface area contributed by atoms with Crippen LogP contribution in [0.25, 0.3) is 10.2 Å². The van der Waals surface area contributed by atoms with Crippen molar-refractivity contribution in [1.29, 1.82) is 0 Å². The standard InChI is InChI=1S/C17H19N5OS/c1-10(11-2-3-16-14(6-11)20-9-24-16)22-5-4-13-12(15(23)8-22)7-19-17(18)21-13/h2-3,6-7,9-10,15,23H,4-5,8H2,1H3,(H2,18,19,21). The number of aliphatic hydroxyl groups excluding tert-OH is 1. The summed E-state index contributed by atoms with van der Waals surface area (Å²) in [5, 5.41) is 10.6. The maximum Gasteiger partial charge on any atom is 0.220 e. The van der Waals surface area contributed by atoms with Gasteiger partial charge in [-0.05, 0) is 24.6 Å². The van der Waals surface area contributed by atoms with Gasteiger partial charge in [0, 0.05) is 37.3 Å². The van der Waals surface area contributed by atoms with E-state index in [9.17, 15) is 5.11 Å². The summed E-state index contributed by atoms with van der Waals surface area (Å²) in [7, 11) is 0. The Morgan fingerprint density at radius 2 is 2.25 bits per heavy atom. The molecular weight excluding hydrogens is 322 g/mol. The average Bonchev–Trinajstić information content (AvgIpc) is 2.98. The van der Waals surface area contributed by atoms with E-state index in [-0.39, 0.29) is 12.0 Å². The van der Waals surface area contributed by atoms with Gasteiger partial charge >= 0.3 is 0 Å². The smallest absolute Gasteiger partial charge is 0.220 e. The number of nitrogens with zero attached hydrogens (tertiary/aromatic N) is 4. The SMILES string of the molecule is CC(c1ccc2scnc2c1)N1CCc2nc(N)ncc2C(O)C1. The average molecular weight is 341 g/mol. The van der Waals surface area contributed by atoms with Crippen molar-refractivity contribution in [2.24, 2.45) is 0 Å². The van der Waals surface area contributed by atoms with E-state index in [1.54, 1.807) is 17.5 Å². The van der Waals surface area contributed by atoms with Crippen LogP contribution in [-0.4, -0.2) is 38.0 Å². The predicted molar refractivity (Wildman–Crippen MR) is 94.7 cm³/mol. The first-order chi connectivity index (χ1) is 11.6. The quantitative estimate of drug-likeness (QED) is 0.744. The summed E-state index contributed by atoms with van der Waals surface area (Å²) in [6.07, 6.45) is 1.80. The fourth-order valence-electron chi connectivity index (χ4n) is 3.28. The highest BCUT2D eigenvalue weighted by Gasteiger charge is 2.26. The second kappa shape index (κ2) is 6.08. The number of aromatic nitrogens is 3. The fraction of sp³-hybridized carbons (Fsp3) is 0.353. The molecular formula is C17H19N5OS. The fourth-order valence-corrected chi connectivity index (χ4v) is 3.94. The lowest BCUT2D eigenvalue weighted by Gasteiger charge is -2.29. The van der Waals surface area contributed by atoms with Crippen LogP contribution in [0.2, 0.25) is 0 Å². The van der Waals surface area contributed by atoms with E-state index in [0.717, 1.165) is 29.7 Å². The molecule has 4 rings (SSSR count). The van der Waals surface area contributed by atoms with Crippen molar-refractivity contribution in [2.45, 2.75) is 25.5 Å². The Hall–Kier alpha value is -2.09. The summed E-state index contributed by atoms with van der Waals surface area (Å²) in [6, 6.07) is 6.59. The molecule has 24 heavy (non-hydrogen) atoms. The Balaban J connectivity index is 1.60. The molecule has 0 bridgehead atoms. The zero-order chi connectivity index (χ0) is 16.7. The molecule has 3 heterocycles.